The van der Waals surface area contributed by atoms with Crippen LogP contribution in [0, 0.1) is 5.82 Å². The molecule has 1 amide bonds. The molecule has 0 spiro atoms. The molecular formula is C17H17ClFNO3. The maximum atomic E-state index is 13.1. The van der Waals surface area contributed by atoms with E-state index in [4.69, 9.17) is 21.1 Å². The molecule has 1 N–H and O–H groups in total. The summed E-state index contributed by atoms with van der Waals surface area (Å²) in [5.41, 5.74) is 1.33. The SMILES string of the molecule is COc1cccc(CCC(=O)Nc2ccc(F)c(Cl)c2)c1OC. The van der Waals surface area contributed by atoms with Crippen molar-refractivity contribution >= 4 is 23.2 Å². The van der Waals surface area contributed by atoms with E-state index in [0.717, 1.165) is 5.56 Å². The van der Waals surface area contributed by atoms with Gasteiger partial charge in [0.25, 0.3) is 0 Å². The molecule has 122 valence electrons. The first-order valence-corrected chi connectivity index (χ1v) is 7.37. The molecule has 2 aromatic rings. The average Bonchev–Trinajstić information content (AvgIpc) is 2.55. The van der Waals surface area contributed by atoms with Crippen LogP contribution in [0.25, 0.3) is 0 Å². The Labute approximate surface area is 139 Å². The van der Waals surface area contributed by atoms with Crippen molar-refractivity contribution in [1.82, 2.24) is 0 Å². The molecule has 2 aromatic carbocycles. The smallest absolute Gasteiger partial charge is 0.224 e. The summed E-state index contributed by atoms with van der Waals surface area (Å²) in [7, 11) is 3.12. The van der Waals surface area contributed by atoms with E-state index in [2.05, 4.69) is 5.32 Å². The van der Waals surface area contributed by atoms with Gasteiger partial charge in [-0.05, 0) is 36.2 Å². The van der Waals surface area contributed by atoms with E-state index in [-0.39, 0.29) is 17.4 Å². The number of methoxy groups -OCH3 is 2. The summed E-state index contributed by atoms with van der Waals surface area (Å²) in [6.45, 7) is 0. The molecule has 0 heterocycles. The number of ether oxygens (including phenoxy) is 2. The van der Waals surface area contributed by atoms with Gasteiger partial charge in [-0.15, -0.1) is 0 Å². The number of carbonyl (C=O) groups excluding carboxylic acids is 1. The Kier molecular flexibility index (Phi) is 5.82. The maximum absolute atomic E-state index is 13.1. The Hall–Kier alpha value is -2.27. The molecule has 2 rings (SSSR count). The molecule has 0 bridgehead atoms. The van der Waals surface area contributed by atoms with Crippen molar-refractivity contribution in [1.29, 1.82) is 0 Å². The Morgan fingerprint density at radius 1 is 1.22 bits per heavy atom. The van der Waals surface area contributed by atoms with Gasteiger partial charge in [0.2, 0.25) is 5.91 Å². The molecule has 0 aliphatic heterocycles. The molecule has 0 atom stereocenters. The van der Waals surface area contributed by atoms with Gasteiger partial charge in [-0.2, -0.15) is 0 Å². The highest BCUT2D eigenvalue weighted by Crippen LogP contribution is 2.31. The van der Waals surface area contributed by atoms with Crippen LogP contribution in [0.4, 0.5) is 10.1 Å². The van der Waals surface area contributed by atoms with E-state index < -0.39 is 5.82 Å². The van der Waals surface area contributed by atoms with Crippen LogP contribution in [0.3, 0.4) is 0 Å². The number of carbonyl (C=O) groups is 1. The molecule has 0 saturated carbocycles. The minimum Gasteiger partial charge on any atom is -0.493 e. The van der Waals surface area contributed by atoms with Gasteiger partial charge in [-0.25, -0.2) is 4.39 Å². The zero-order valence-corrected chi connectivity index (χ0v) is 13.6. The van der Waals surface area contributed by atoms with Crippen molar-refractivity contribution < 1.29 is 18.7 Å². The van der Waals surface area contributed by atoms with Gasteiger partial charge in [0.05, 0.1) is 19.2 Å². The van der Waals surface area contributed by atoms with Crippen LogP contribution in [-0.2, 0) is 11.2 Å². The Balaban J connectivity index is 2.00. The van der Waals surface area contributed by atoms with E-state index in [1.165, 1.54) is 18.2 Å². The second-order valence-electron chi connectivity index (χ2n) is 4.83. The van der Waals surface area contributed by atoms with Gasteiger partial charge in [-0.3, -0.25) is 4.79 Å². The zero-order chi connectivity index (χ0) is 16.8. The largest absolute Gasteiger partial charge is 0.493 e. The van der Waals surface area contributed by atoms with Crippen LogP contribution in [0.15, 0.2) is 36.4 Å². The molecule has 0 aliphatic carbocycles. The van der Waals surface area contributed by atoms with E-state index in [0.29, 0.717) is 23.6 Å². The van der Waals surface area contributed by atoms with Crippen molar-refractivity contribution in [2.75, 3.05) is 19.5 Å². The highest BCUT2D eigenvalue weighted by Gasteiger charge is 2.11. The van der Waals surface area contributed by atoms with E-state index in [1.54, 1.807) is 20.3 Å². The quantitative estimate of drug-likeness (QED) is 0.864. The molecule has 23 heavy (non-hydrogen) atoms. The Morgan fingerprint density at radius 2 is 2.00 bits per heavy atom. The number of hydrogen-bond donors (Lipinski definition) is 1. The number of aryl methyl sites for hydroxylation is 1. The summed E-state index contributed by atoms with van der Waals surface area (Å²) in [5.74, 6) is 0.520. The number of para-hydroxylation sites is 1. The lowest BCUT2D eigenvalue weighted by Gasteiger charge is -2.12. The molecule has 0 fully saturated rings. The van der Waals surface area contributed by atoms with Crippen molar-refractivity contribution in [2.24, 2.45) is 0 Å². The minimum atomic E-state index is -0.522. The van der Waals surface area contributed by atoms with E-state index in [1.807, 2.05) is 12.1 Å². The molecule has 0 unspecified atom stereocenters. The molecule has 0 aliphatic rings. The summed E-state index contributed by atoms with van der Waals surface area (Å²) < 4.78 is 23.6. The number of amides is 1. The lowest BCUT2D eigenvalue weighted by molar-refractivity contribution is -0.116. The topological polar surface area (TPSA) is 47.6 Å². The molecule has 0 aromatic heterocycles. The number of nitrogens with one attached hydrogen (secondary N) is 1. The van der Waals surface area contributed by atoms with Crippen LogP contribution < -0.4 is 14.8 Å². The summed E-state index contributed by atoms with van der Waals surface area (Å²) >= 11 is 5.69. The number of benzene rings is 2. The third-order valence-electron chi connectivity index (χ3n) is 3.31. The zero-order valence-electron chi connectivity index (χ0n) is 12.9. The molecular weight excluding hydrogens is 321 g/mol. The minimum absolute atomic E-state index is 0.0303. The van der Waals surface area contributed by atoms with Crippen LogP contribution >= 0.6 is 11.6 Å². The predicted molar refractivity (Wildman–Crippen MR) is 87.9 cm³/mol. The highest BCUT2D eigenvalue weighted by molar-refractivity contribution is 6.31. The first-order valence-electron chi connectivity index (χ1n) is 7.00. The van der Waals surface area contributed by atoms with E-state index in [9.17, 15) is 9.18 Å². The van der Waals surface area contributed by atoms with Crippen LogP contribution in [0.2, 0.25) is 5.02 Å². The second-order valence-corrected chi connectivity index (χ2v) is 5.24. The molecule has 4 nitrogen and oxygen atoms in total. The normalized spacial score (nSPS) is 10.3. The van der Waals surface area contributed by atoms with Crippen LogP contribution in [0.5, 0.6) is 11.5 Å². The number of hydrogen-bond acceptors (Lipinski definition) is 3. The summed E-state index contributed by atoms with van der Waals surface area (Å²) in [4.78, 5) is 12.0. The third-order valence-corrected chi connectivity index (χ3v) is 3.60. The standard InChI is InChI=1S/C17H17ClFNO3/c1-22-15-5-3-4-11(17(15)23-2)6-9-16(21)20-12-7-8-14(19)13(18)10-12/h3-5,7-8,10H,6,9H2,1-2H3,(H,20,21). The van der Waals surface area contributed by atoms with Crippen molar-refractivity contribution in [3.05, 3.63) is 52.8 Å². The lowest BCUT2D eigenvalue weighted by Crippen LogP contribution is -2.12. The number of halogens is 2. The first kappa shape index (κ1) is 17.1. The monoisotopic (exact) mass is 337 g/mol. The maximum Gasteiger partial charge on any atom is 0.224 e. The number of anilines is 1. The summed E-state index contributed by atoms with van der Waals surface area (Å²) in [6, 6.07) is 9.57. The van der Waals surface area contributed by atoms with Gasteiger partial charge >= 0.3 is 0 Å². The van der Waals surface area contributed by atoms with Crippen LogP contribution in [0.1, 0.15) is 12.0 Å². The Morgan fingerprint density at radius 3 is 2.65 bits per heavy atom. The van der Waals surface area contributed by atoms with Crippen molar-refractivity contribution in [3.63, 3.8) is 0 Å². The van der Waals surface area contributed by atoms with Crippen molar-refractivity contribution in [3.8, 4) is 11.5 Å². The predicted octanol–water partition coefficient (Wildman–Crippen LogP) is 4.07. The molecule has 6 heteroatoms. The second kappa shape index (κ2) is 7.83. The number of rotatable bonds is 6. The van der Waals surface area contributed by atoms with E-state index >= 15 is 0 Å². The highest BCUT2D eigenvalue weighted by atomic mass is 35.5. The van der Waals surface area contributed by atoms with Crippen LogP contribution in [-0.4, -0.2) is 20.1 Å². The summed E-state index contributed by atoms with van der Waals surface area (Å²) in [6.07, 6.45) is 0.736. The molecule has 0 radical (unpaired) electrons. The average molecular weight is 338 g/mol. The van der Waals surface area contributed by atoms with Gasteiger partial charge < -0.3 is 14.8 Å². The third kappa shape index (κ3) is 4.36. The van der Waals surface area contributed by atoms with Gasteiger partial charge in [0.1, 0.15) is 5.82 Å². The van der Waals surface area contributed by atoms with Crippen molar-refractivity contribution in [2.45, 2.75) is 12.8 Å². The van der Waals surface area contributed by atoms with Gasteiger partial charge in [0.15, 0.2) is 11.5 Å². The Bertz CT molecular complexity index is 706. The molecule has 0 saturated heterocycles. The van der Waals surface area contributed by atoms with Gasteiger partial charge in [-0.1, -0.05) is 23.7 Å². The fourth-order valence-electron chi connectivity index (χ4n) is 2.20. The lowest BCUT2D eigenvalue weighted by atomic mass is 10.1. The first-order chi connectivity index (χ1) is 11.0. The summed E-state index contributed by atoms with van der Waals surface area (Å²) in [5, 5.41) is 2.65. The van der Waals surface area contributed by atoms with Gasteiger partial charge in [0, 0.05) is 12.1 Å². The fourth-order valence-corrected chi connectivity index (χ4v) is 2.38. The fraction of sp³-hybridized carbons (Fsp3) is 0.235.